The number of nitrogens with zero attached hydrogens (tertiary/aromatic N) is 4. The van der Waals surface area contributed by atoms with E-state index in [4.69, 9.17) is 0 Å². The smallest absolute Gasteiger partial charge is 0.267 e. The summed E-state index contributed by atoms with van der Waals surface area (Å²) in [5, 5.41) is 7.72. The summed E-state index contributed by atoms with van der Waals surface area (Å²) in [5.74, 6) is -0.375. The van der Waals surface area contributed by atoms with E-state index in [1.807, 2.05) is 0 Å². The number of piperidine rings is 1. The fourth-order valence-electron chi connectivity index (χ4n) is 3.79. The van der Waals surface area contributed by atoms with E-state index in [2.05, 4.69) is 10.3 Å². The van der Waals surface area contributed by atoms with Crippen molar-refractivity contribution >= 4 is 30.8 Å². The lowest BCUT2D eigenvalue weighted by molar-refractivity contribution is 0.250. The van der Waals surface area contributed by atoms with Crippen LogP contribution in [0.5, 0.6) is 0 Å². The van der Waals surface area contributed by atoms with Crippen LogP contribution in [0.25, 0.3) is 10.9 Å². The minimum Gasteiger partial charge on any atom is -0.267 e. The number of sulfone groups is 1. The van der Waals surface area contributed by atoms with E-state index in [0.717, 1.165) is 0 Å². The van der Waals surface area contributed by atoms with E-state index in [9.17, 15) is 21.6 Å². The van der Waals surface area contributed by atoms with Crippen LogP contribution in [0.1, 0.15) is 25.3 Å². The van der Waals surface area contributed by atoms with E-state index in [1.54, 1.807) is 24.3 Å². The third-order valence-corrected chi connectivity index (χ3v) is 9.64. The summed E-state index contributed by atoms with van der Waals surface area (Å²) in [6, 6.07) is 6.74. The highest BCUT2D eigenvalue weighted by Gasteiger charge is 2.41. The minimum absolute atomic E-state index is 0.0740. The van der Waals surface area contributed by atoms with Crippen LogP contribution in [0.2, 0.25) is 0 Å². The first-order chi connectivity index (χ1) is 12.8. The lowest BCUT2D eigenvalue weighted by Gasteiger charge is -2.32. The van der Waals surface area contributed by atoms with Gasteiger partial charge in [0.15, 0.2) is 9.84 Å². The molecule has 0 unspecified atom stereocenters. The minimum atomic E-state index is -3.65. The molecule has 1 atom stereocenters. The zero-order valence-corrected chi connectivity index (χ0v) is 16.2. The zero-order valence-electron chi connectivity index (χ0n) is 14.6. The highest BCUT2D eigenvalue weighted by molar-refractivity contribution is 7.95. The lowest BCUT2D eigenvalue weighted by Crippen LogP contribution is -2.45. The average molecular weight is 412 g/mol. The molecule has 1 aromatic carbocycles. The van der Waals surface area contributed by atoms with Crippen molar-refractivity contribution in [2.75, 3.05) is 24.6 Å². The standard InChI is InChI=1S/C16H20N4O5S2/c21-16-14-3-1-2-4-15(14)17-18-20(16)12-5-8-19(9-6-12)27(24,25)13-7-10-26(22,23)11-13/h1-4,12-13H,5-11H2/t13-/m1/s1. The third kappa shape index (κ3) is 3.39. The molecule has 0 radical (unpaired) electrons. The second kappa shape index (κ2) is 6.64. The van der Waals surface area contributed by atoms with E-state index in [-0.39, 0.29) is 42.6 Å². The van der Waals surface area contributed by atoms with Gasteiger partial charge in [0.1, 0.15) is 5.52 Å². The van der Waals surface area contributed by atoms with Crippen molar-refractivity contribution in [1.29, 1.82) is 0 Å². The van der Waals surface area contributed by atoms with Crippen molar-refractivity contribution in [2.24, 2.45) is 0 Å². The summed E-state index contributed by atoms with van der Waals surface area (Å²) < 4.78 is 51.4. The Morgan fingerprint density at radius 2 is 1.78 bits per heavy atom. The van der Waals surface area contributed by atoms with Crippen molar-refractivity contribution in [3.8, 4) is 0 Å². The first-order valence-corrected chi connectivity index (χ1v) is 12.1. The molecule has 4 rings (SSSR count). The number of rotatable bonds is 3. The van der Waals surface area contributed by atoms with Gasteiger partial charge in [0, 0.05) is 13.1 Å². The van der Waals surface area contributed by atoms with Crippen molar-refractivity contribution in [3.05, 3.63) is 34.6 Å². The number of hydrogen-bond donors (Lipinski definition) is 0. The zero-order chi connectivity index (χ0) is 19.2. The van der Waals surface area contributed by atoms with Crippen molar-refractivity contribution in [3.63, 3.8) is 0 Å². The van der Waals surface area contributed by atoms with Crippen molar-refractivity contribution in [1.82, 2.24) is 19.3 Å². The molecule has 2 fully saturated rings. The molecule has 146 valence electrons. The van der Waals surface area contributed by atoms with Crippen LogP contribution in [-0.4, -0.2) is 66.0 Å². The molecule has 0 saturated carbocycles. The fourth-order valence-corrected chi connectivity index (χ4v) is 8.35. The van der Waals surface area contributed by atoms with Crippen LogP contribution >= 0.6 is 0 Å². The number of sulfonamides is 1. The SMILES string of the molecule is O=c1c2ccccc2nnn1C1CCN(S(=O)(=O)[C@@H]2CCS(=O)(=O)C2)CC1. The highest BCUT2D eigenvalue weighted by atomic mass is 32.2. The molecule has 2 aliphatic heterocycles. The van der Waals surface area contributed by atoms with Crippen molar-refractivity contribution in [2.45, 2.75) is 30.6 Å². The number of aromatic nitrogens is 3. The maximum atomic E-state index is 12.7. The summed E-state index contributed by atoms with van der Waals surface area (Å²) >= 11 is 0. The Labute approximate surface area is 156 Å². The van der Waals surface area contributed by atoms with Gasteiger partial charge in [0.2, 0.25) is 10.0 Å². The van der Waals surface area contributed by atoms with Crippen LogP contribution < -0.4 is 5.56 Å². The first-order valence-electron chi connectivity index (χ1n) is 8.81. The van der Waals surface area contributed by atoms with E-state index in [1.165, 1.54) is 8.99 Å². The molecule has 3 heterocycles. The first kappa shape index (κ1) is 18.5. The largest absolute Gasteiger partial charge is 0.277 e. The quantitative estimate of drug-likeness (QED) is 0.693. The van der Waals surface area contributed by atoms with Gasteiger partial charge in [-0.1, -0.05) is 17.3 Å². The average Bonchev–Trinajstić information content (AvgIpc) is 3.03. The van der Waals surface area contributed by atoms with Gasteiger partial charge in [-0.3, -0.25) is 4.79 Å². The lowest BCUT2D eigenvalue weighted by atomic mass is 10.1. The van der Waals surface area contributed by atoms with E-state index >= 15 is 0 Å². The van der Waals surface area contributed by atoms with Gasteiger partial charge in [-0.25, -0.2) is 25.8 Å². The Balaban J connectivity index is 1.51. The molecule has 1 aromatic heterocycles. The molecule has 0 N–H and O–H groups in total. The highest BCUT2D eigenvalue weighted by Crippen LogP contribution is 2.27. The van der Waals surface area contributed by atoms with Crippen LogP contribution in [0.3, 0.4) is 0 Å². The van der Waals surface area contributed by atoms with Crippen molar-refractivity contribution < 1.29 is 16.8 Å². The van der Waals surface area contributed by atoms with E-state index in [0.29, 0.717) is 23.7 Å². The Morgan fingerprint density at radius 1 is 1.07 bits per heavy atom. The molecule has 2 aromatic rings. The van der Waals surface area contributed by atoms with Gasteiger partial charge in [0.25, 0.3) is 5.56 Å². The molecule has 27 heavy (non-hydrogen) atoms. The second-order valence-corrected chi connectivity index (χ2v) is 11.5. The molecule has 2 aliphatic rings. The van der Waals surface area contributed by atoms with Gasteiger partial charge < -0.3 is 0 Å². The Morgan fingerprint density at radius 3 is 2.44 bits per heavy atom. The maximum Gasteiger partial charge on any atom is 0.277 e. The summed E-state index contributed by atoms with van der Waals surface area (Å²) in [4.78, 5) is 12.6. The molecule has 0 aliphatic carbocycles. The molecular weight excluding hydrogens is 392 g/mol. The number of fused-ring (bicyclic) bond motifs is 1. The molecule has 0 bridgehead atoms. The van der Waals surface area contributed by atoms with Gasteiger partial charge in [-0.2, -0.15) is 0 Å². The summed E-state index contributed by atoms with van der Waals surface area (Å²) in [6.07, 6.45) is 1.03. The summed E-state index contributed by atoms with van der Waals surface area (Å²) in [5.41, 5.74) is 0.296. The normalized spacial score (nSPS) is 24.4. The third-order valence-electron chi connectivity index (χ3n) is 5.33. The van der Waals surface area contributed by atoms with Crippen LogP contribution in [0.4, 0.5) is 0 Å². The van der Waals surface area contributed by atoms with Crippen LogP contribution in [-0.2, 0) is 19.9 Å². The molecular formula is C16H20N4O5S2. The van der Waals surface area contributed by atoms with Gasteiger partial charge >= 0.3 is 0 Å². The van der Waals surface area contributed by atoms with Gasteiger partial charge in [0.05, 0.1) is 28.2 Å². The fraction of sp³-hybridized carbons (Fsp3) is 0.562. The molecule has 2 saturated heterocycles. The molecule has 11 heteroatoms. The Bertz CT molecular complexity index is 1130. The van der Waals surface area contributed by atoms with Gasteiger partial charge in [-0.05, 0) is 31.4 Å². The second-order valence-electron chi connectivity index (χ2n) is 7.06. The number of benzene rings is 1. The Hall–Kier alpha value is -1.85. The van der Waals surface area contributed by atoms with E-state index < -0.39 is 25.1 Å². The van der Waals surface area contributed by atoms with Gasteiger partial charge in [-0.15, -0.1) is 5.10 Å². The summed E-state index contributed by atoms with van der Waals surface area (Å²) in [6.45, 7) is 0.481. The monoisotopic (exact) mass is 412 g/mol. The predicted molar refractivity (Wildman–Crippen MR) is 99.6 cm³/mol. The van der Waals surface area contributed by atoms with Crippen LogP contribution in [0.15, 0.2) is 29.1 Å². The Kier molecular flexibility index (Phi) is 4.55. The number of hydrogen-bond acceptors (Lipinski definition) is 7. The molecule has 0 amide bonds. The molecule has 0 spiro atoms. The topological polar surface area (TPSA) is 119 Å². The van der Waals surface area contributed by atoms with Crippen LogP contribution in [0, 0.1) is 0 Å². The summed E-state index contributed by atoms with van der Waals surface area (Å²) in [7, 11) is -6.92. The maximum absolute atomic E-state index is 12.7. The predicted octanol–water partition coefficient (Wildman–Crippen LogP) is -0.0547. The molecule has 9 nitrogen and oxygen atoms in total.